The number of benzene rings is 1. The fourth-order valence-corrected chi connectivity index (χ4v) is 1.04. The average Bonchev–Trinajstić information content (AvgIpc) is 2.27. The molecular weight excluding hydrogens is 212 g/mol. The van der Waals surface area contributed by atoms with Gasteiger partial charge >= 0.3 is 5.97 Å². The third-order valence-electron chi connectivity index (χ3n) is 1.84. The number of rotatable bonds is 4. The summed E-state index contributed by atoms with van der Waals surface area (Å²) in [5.74, 6) is -2.29. The van der Waals surface area contributed by atoms with E-state index < -0.39 is 11.8 Å². The lowest BCUT2D eigenvalue weighted by Crippen LogP contribution is -2.08. The summed E-state index contributed by atoms with van der Waals surface area (Å²) in [5.41, 5.74) is 0.559. The molecule has 0 bridgehead atoms. The van der Waals surface area contributed by atoms with Crippen molar-refractivity contribution in [2.45, 2.75) is 0 Å². The average molecular weight is 222 g/mol. The number of phenols is 1. The van der Waals surface area contributed by atoms with Gasteiger partial charge in [-0.1, -0.05) is 12.1 Å². The smallest absolute Gasteiger partial charge is 0.376 e. The second-order valence-electron chi connectivity index (χ2n) is 2.93. The van der Waals surface area contributed by atoms with E-state index in [-0.39, 0.29) is 11.5 Å². The van der Waals surface area contributed by atoms with Gasteiger partial charge in [0, 0.05) is 0 Å². The van der Waals surface area contributed by atoms with Crippen molar-refractivity contribution in [3.05, 3.63) is 29.8 Å². The second kappa shape index (κ2) is 4.97. The van der Waals surface area contributed by atoms with Crippen molar-refractivity contribution >= 4 is 17.8 Å². The van der Waals surface area contributed by atoms with Crippen LogP contribution in [0.5, 0.6) is 11.5 Å². The van der Waals surface area contributed by atoms with Crippen LogP contribution in [-0.2, 0) is 9.59 Å². The van der Waals surface area contributed by atoms with Crippen molar-refractivity contribution in [3.63, 3.8) is 0 Å². The van der Waals surface area contributed by atoms with E-state index >= 15 is 0 Å². The normalized spacial score (nSPS) is 10.3. The molecule has 84 valence electrons. The molecule has 0 aliphatic rings. The Morgan fingerprint density at radius 1 is 1.38 bits per heavy atom. The molecule has 0 amide bonds. The van der Waals surface area contributed by atoms with Gasteiger partial charge in [-0.3, -0.25) is 4.79 Å². The molecule has 1 aromatic rings. The number of hydrogen-bond acceptors (Lipinski definition) is 4. The first-order chi connectivity index (χ1) is 7.54. The molecule has 2 N–H and O–H groups in total. The van der Waals surface area contributed by atoms with E-state index in [1.54, 1.807) is 0 Å². The highest BCUT2D eigenvalue weighted by Crippen LogP contribution is 2.26. The van der Waals surface area contributed by atoms with E-state index in [0.717, 1.165) is 6.08 Å². The summed E-state index contributed by atoms with van der Waals surface area (Å²) in [6.07, 6.45) is 2.27. The third-order valence-corrected chi connectivity index (χ3v) is 1.84. The molecule has 5 nitrogen and oxygen atoms in total. The van der Waals surface area contributed by atoms with Crippen molar-refractivity contribution in [3.8, 4) is 11.5 Å². The first kappa shape index (κ1) is 11.8. The minimum Gasteiger partial charge on any atom is -0.504 e. The van der Waals surface area contributed by atoms with E-state index in [9.17, 15) is 14.7 Å². The molecule has 0 spiro atoms. The maximum atomic E-state index is 10.8. The molecule has 1 rings (SSSR count). The molecule has 0 aromatic heterocycles. The second-order valence-corrected chi connectivity index (χ2v) is 2.93. The van der Waals surface area contributed by atoms with E-state index in [0.29, 0.717) is 5.56 Å². The zero-order chi connectivity index (χ0) is 12.1. The van der Waals surface area contributed by atoms with Gasteiger partial charge in [0.15, 0.2) is 11.5 Å². The maximum absolute atomic E-state index is 10.8. The maximum Gasteiger partial charge on any atom is 0.376 e. The molecule has 0 unspecified atom stereocenters. The number of carbonyl (C=O) groups is 2. The largest absolute Gasteiger partial charge is 0.504 e. The van der Waals surface area contributed by atoms with Gasteiger partial charge in [-0.05, 0) is 23.8 Å². The lowest BCUT2D eigenvalue weighted by molar-refractivity contribution is -0.146. The summed E-state index contributed by atoms with van der Waals surface area (Å²) in [7, 11) is 1.39. The van der Waals surface area contributed by atoms with E-state index in [1.807, 2.05) is 0 Å². The van der Waals surface area contributed by atoms with Crippen LogP contribution in [0, 0.1) is 0 Å². The van der Waals surface area contributed by atoms with E-state index in [1.165, 1.54) is 31.4 Å². The van der Waals surface area contributed by atoms with Gasteiger partial charge in [-0.2, -0.15) is 0 Å². The lowest BCUT2D eigenvalue weighted by Gasteiger charge is -2.03. The van der Waals surface area contributed by atoms with Crippen LogP contribution >= 0.6 is 0 Å². The Morgan fingerprint density at radius 3 is 2.62 bits per heavy atom. The fraction of sp³-hybridized carbons (Fsp3) is 0.0909. The first-order valence-corrected chi connectivity index (χ1v) is 4.37. The van der Waals surface area contributed by atoms with Crippen LogP contribution in [0.4, 0.5) is 0 Å². The van der Waals surface area contributed by atoms with Crippen LogP contribution in [0.3, 0.4) is 0 Å². The highest BCUT2D eigenvalue weighted by atomic mass is 16.5. The summed E-state index contributed by atoms with van der Waals surface area (Å²) in [5, 5.41) is 17.6. The molecule has 0 fully saturated rings. The van der Waals surface area contributed by atoms with Gasteiger partial charge in [0.2, 0.25) is 0 Å². The minimum atomic E-state index is -1.51. The Bertz CT molecular complexity index is 448. The number of carbonyl (C=O) groups excluding carboxylic acids is 1. The molecule has 16 heavy (non-hydrogen) atoms. The van der Waals surface area contributed by atoms with Crippen molar-refractivity contribution in [2.75, 3.05) is 7.11 Å². The van der Waals surface area contributed by atoms with Crippen LogP contribution < -0.4 is 4.74 Å². The molecule has 0 saturated carbocycles. The van der Waals surface area contributed by atoms with E-state index in [4.69, 9.17) is 9.84 Å². The van der Waals surface area contributed by atoms with Crippen LogP contribution in [0.25, 0.3) is 6.08 Å². The Hall–Kier alpha value is -2.30. The van der Waals surface area contributed by atoms with Crippen molar-refractivity contribution in [1.82, 2.24) is 0 Å². The number of aromatic hydroxyl groups is 1. The molecular formula is C11H10O5. The summed E-state index contributed by atoms with van der Waals surface area (Å²) in [4.78, 5) is 21.0. The molecule has 0 aliphatic carbocycles. The van der Waals surface area contributed by atoms with Gasteiger partial charge in [-0.15, -0.1) is 0 Å². The first-order valence-electron chi connectivity index (χ1n) is 4.37. The Labute approximate surface area is 91.6 Å². The van der Waals surface area contributed by atoms with Gasteiger partial charge in [-0.25, -0.2) is 4.79 Å². The predicted molar refractivity (Wildman–Crippen MR) is 56.3 cm³/mol. The number of carboxylic acids is 1. The van der Waals surface area contributed by atoms with Crippen molar-refractivity contribution in [1.29, 1.82) is 0 Å². The highest BCUT2D eigenvalue weighted by Gasteiger charge is 2.06. The summed E-state index contributed by atoms with van der Waals surface area (Å²) in [6, 6.07) is 4.41. The standard InChI is InChI=1S/C11H10O5/c1-16-10-6-7(2-4-8(10)12)3-5-9(13)11(14)15/h2-6,12H,1H3,(H,14,15)/b5-3+. The molecule has 0 atom stereocenters. The number of phenolic OH excluding ortho intramolecular Hbond substituents is 1. The van der Waals surface area contributed by atoms with Crippen molar-refractivity contribution in [2.24, 2.45) is 0 Å². The van der Waals surface area contributed by atoms with Crippen LogP contribution in [0.2, 0.25) is 0 Å². The minimum absolute atomic E-state index is 0.0239. The molecule has 0 aliphatic heterocycles. The highest BCUT2D eigenvalue weighted by molar-refractivity contribution is 6.38. The van der Waals surface area contributed by atoms with Gasteiger partial charge in [0.25, 0.3) is 5.78 Å². The number of methoxy groups -OCH3 is 1. The number of ether oxygens (including phenoxy) is 1. The Morgan fingerprint density at radius 2 is 2.06 bits per heavy atom. The van der Waals surface area contributed by atoms with Gasteiger partial charge in [0.1, 0.15) is 0 Å². The lowest BCUT2D eigenvalue weighted by atomic mass is 10.1. The van der Waals surface area contributed by atoms with Crippen LogP contribution in [0.1, 0.15) is 5.56 Å². The fourth-order valence-electron chi connectivity index (χ4n) is 1.04. The summed E-state index contributed by atoms with van der Waals surface area (Å²) < 4.78 is 4.85. The van der Waals surface area contributed by atoms with Gasteiger partial charge in [0.05, 0.1) is 7.11 Å². The zero-order valence-electron chi connectivity index (χ0n) is 8.51. The number of carboxylic acid groups (broad SMARTS) is 1. The molecule has 5 heteroatoms. The molecule has 0 heterocycles. The number of hydrogen-bond donors (Lipinski definition) is 2. The molecule has 0 saturated heterocycles. The van der Waals surface area contributed by atoms with Gasteiger partial charge < -0.3 is 14.9 Å². The Balaban J connectivity index is 2.90. The third kappa shape index (κ3) is 2.84. The SMILES string of the molecule is COc1cc(/C=C/C(=O)C(=O)O)ccc1O. The monoisotopic (exact) mass is 222 g/mol. The summed E-state index contributed by atoms with van der Waals surface area (Å²) >= 11 is 0. The van der Waals surface area contributed by atoms with Crippen LogP contribution in [0.15, 0.2) is 24.3 Å². The number of ketones is 1. The van der Waals surface area contributed by atoms with Crippen molar-refractivity contribution < 1.29 is 24.5 Å². The molecule has 1 aromatic carbocycles. The quantitative estimate of drug-likeness (QED) is 0.588. The predicted octanol–water partition coefficient (Wildman–Crippen LogP) is 1.07. The summed E-state index contributed by atoms with van der Waals surface area (Å²) in [6.45, 7) is 0. The molecule has 0 radical (unpaired) electrons. The topological polar surface area (TPSA) is 83.8 Å². The number of aliphatic carboxylic acids is 1. The van der Waals surface area contributed by atoms with E-state index in [2.05, 4.69) is 0 Å². The Kier molecular flexibility index (Phi) is 3.66. The van der Waals surface area contributed by atoms with Crippen LogP contribution in [-0.4, -0.2) is 29.1 Å². The zero-order valence-corrected chi connectivity index (χ0v) is 8.51.